The van der Waals surface area contributed by atoms with Crippen molar-refractivity contribution in [1.82, 2.24) is 4.90 Å². The number of thiophene rings is 1. The van der Waals surface area contributed by atoms with Crippen LogP contribution in [0.3, 0.4) is 0 Å². The zero-order chi connectivity index (χ0) is 23.7. The fourth-order valence-electron chi connectivity index (χ4n) is 4.41. The lowest BCUT2D eigenvalue weighted by Crippen LogP contribution is -2.34. The SMILES string of the molecule is CC(=O)N1CCc2c(sc(NC(=O)c3ccc(N4CCCCC4)c([N+](=O)[O-])c3)c2C(N)=O)C1. The number of nitrogens with two attached hydrogens (primary N) is 1. The van der Waals surface area contributed by atoms with Gasteiger partial charge in [-0.05, 0) is 43.4 Å². The minimum Gasteiger partial charge on any atom is -0.366 e. The van der Waals surface area contributed by atoms with E-state index in [1.54, 1.807) is 17.0 Å². The van der Waals surface area contributed by atoms with Gasteiger partial charge in [0.1, 0.15) is 10.7 Å². The van der Waals surface area contributed by atoms with Crippen LogP contribution in [0.5, 0.6) is 0 Å². The number of nitrogens with zero attached hydrogens (tertiary/aromatic N) is 3. The van der Waals surface area contributed by atoms with Crippen molar-refractivity contribution in [3.63, 3.8) is 0 Å². The monoisotopic (exact) mass is 471 g/mol. The third-order valence-corrected chi connectivity index (χ3v) is 7.24. The lowest BCUT2D eigenvalue weighted by atomic mass is 10.0. The molecule has 0 unspecified atom stereocenters. The Morgan fingerprint density at radius 1 is 1.15 bits per heavy atom. The van der Waals surface area contributed by atoms with Gasteiger partial charge in [-0.15, -0.1) is 11.3 Å². The van der Waals surface area contributed by atoms with Crippen molar-refractivity contribution in [3.05, 3.63) is 49.9 Å². The highest BCUT2D eigenvalue weighted by molar-refractivity contribution is 7.17. The van der Waals surface area contributed by atoms with Crippen LogP contribution in [-0.2, 0) is 17.8 Å². The molecule has 0 radical (unpaired) electrons. The van der Waals surface area contributed by atoms with Crippen LogP contribution in [0.1, 0.15) is 57.3 Å². The summed E-state index contributed by atoms with van der Waals surface area (Å²) in [5, 5.41) is 14.7. The first-order chi connectivity index (χ1) is 15.8. The Labute approximate surface area is 194 Å². The molecular formula is C22H25N5O5S. The maximum absolute atomic E-state index is 13.0. The van der Waals surface area contributed by atoms with Crippen molar-refractivity contribution < 1.29 is 19.3 Å². The summed E-state index contributed by atoms with van der Waals surface area (Å²) < 4.78 is 0. The fourth-order valence-corrected chi connectivity index (χ4v) is 5.67. The zero-order valence-corrected chi connectivity index (χ0v) is 19.1. The summed E-state index contributed by atoms with van der Waals surface area (Å²) in [6.07, 6.45) is 3.51. The summed E-state index contributed by atoms with van der Waals surface area (Å²) in [6.45, 7) is 3.79. The molecule has 2 aromatic rings. The van der Waals surface area contributed by atoms with Crippen molar-refractivity contribution in [3.8, 4) is 0 Å². The number of hydrogen-bond donors (Lipinski definition) is 2. The van der Waals surface area contributed by atoms with Gasteiger partial charge in [0.05, 0.1) is 17.0 Å². The number of carbonyl (C=O) groups is 3. The number of nitro groups is 1. The zero-order valence-electron chi connectivity index (χ0n) is 18.3. The Bertz CT molecular complexity index is 1140. The van der Waals surface area contributed by atoms with Crippen LogP contribution >= 0.6 is 11.3 Å². The Morgan fingerprint density at radius 2 is 1.88 bits per heavy atom. The molecule has 0 spiro atoms. The molecule has 0 atom stereocenters. The number of anilines is 2. The Balaban J connectivity index is 1.62. The second kappa shape index (κ2) is 9.18. The normalized spacial score (nSPS) is 15.7. The van der Waals surface area contributed by atoms with Gasteiger partial charge in [-0.2, -0.15) is 0 Å². The van der Waals surface area contributed by atoms with Crippen molar-refractivity contribution in [2.75, 3.05) is 29.9 Å². The van der Waals surface area contributed by atoms with E-state index in [4.69, 9.17) is 5.73 Å². The van der Waals surface area contributed by atoms with Crippen LogP contribution < -0.4 is 16.0 Å². The van der Waals surface area contributed by atoms with Gasteiger partial charge >= 0.3 is 0 Å². The second-order valence-corrected chi connectivity index (χ2v) is 9.33. The lowest BCUT2D eigenvalue weighted by Gasteiger charge is -2.28. The predicted octanol–water partition coefficient (Wildman–Crippen LogP) is 2.90. The number of primary amides is 1. The van der Waals surface area contributed by atoms with Crippen LogP contribution in [0, 0.1) is 10.1 Å². The van der Waals surface area contributed by atoms with Gasteiger partial charge in [-0.3, -0.25) is 24.5 Å². The summed E-state index contributed by atoms with van der Waals surface area (Å²) in [7, 11) is 0. The molecule has 3 heterocycles. The molecule has 0 aliphatic carbocycles. The maximum atomic E-state index is 13.0. The third kappa shape index (κ3) is 4.54. The summed E-state index contributed by atoms with van der Waals surface area (Å²) in [5.74, 6) is -1.29. The molecule has 4 rings (SSSR count). The fraction of sp³-hybridized carbons (Fsp3) is 0.409. The molecule has 0 bridgehead atoms. The predicted molar refractivity (Wildman–Crippen MR) is 125 cm³/mol. The van der Waals surface area contributed by atoms with Crippen molar-refractivity contribution in [2.24, 2.45) is 5.73 Å². The van der Waals surface area contributed by atoms with E-state index in [9.17, 15) is 24.5 Å². The van der Waals surface area contributed by atoms with Crippen LogP contribution in [0.2, 0.25) is 0 Å². The summed E-state index contributed by atoms with van der Waals surface area (Å²) in [6, 6.07) is 4.44. The first kappa shape index (κ1) is 22.7. The number of piperidine rings is 1. The average Bonchev–Trinajstić information content (AvgIpc) is 3.16. The number of nitro benzene ring substituents is 1. The minimum absolute atomic E-state index is 0.0682. The molecule has 1 aromatic heterocycles. The smallest absolute Gasteiger partial charge is 0.293 e. The van der Waals surface area contributed by atoms with Gasteiger partial charge in [0.25, 0.3) is 17.5 Å². The van der Waals surface area contributed by atoms with Gasteiger partial charge in [-0.25, -0.2) is 0 Å². The second-order valence-electron chi connectivity index (χ2n) is 8.23. The Morgan fingerprint density at radius 3 is 2.52 bits per heavy atom. The molecule has 174 valence electrons. The van der Waals surface area contributed by atoms with Crippen LogP contribution in [0.25, 0.3) is 0 Å². The van der Waals surface area contributed by atoms with Crippen molar-refractivity contribution in [2.45, 2.75) is 39.2 Å². The number of benzene rings is 1. The number of amides is 3. The molecule has 0 saturated carbocycles. The first-order valence-corrected chi connectivity index (χ1v) is 11.6. The van der Waals surface area contributed by atoms with E-state index in [1.807, 2.05) is 4.90 Å². The van der Waals surface area contributed by atoms with Gasteiger partial charge in [0.2, 0.25) is 5.91 Å². The van der Waals surface area contributed by atoms with Gasteiger partial charge in [-0.1, -0.05) is 0 Å². The molecule has 11 heteroatoms. The third-order valence-electron chi connectivity index (χ3n) is 6.11. The van der Waals surface area contributed by atoms with Crippen molar-refractivity contribution >= 4 is 45.4 Å². The number of carbonyl (C=O) groups excluding carboxylic acids is 3. The minimum atomic E-state index is -0.662. The molecule has 1 fully saturated rings. The van der Waals surface area contributed by atoms with E-state index in [0.717, 1.165) is 42.8 Å². The highest BCUT2D eigenvalue weighted by atomic mass is 32.1. The van der Waals surface area contributed by atoms with Crippen LogP contribution in [-0.4, -0.2) is 47.2 Å². The summed E-state index contributed by atoms with van der Waals surface area (Å²) in [5.41, 5.74) is 7.08. The molecule has 1 aromatic carbocycles. The van der Waals surface area contributed by atoms with Gasteiger partial charge < -0.3 is 20.9 Å². The maximum Gasteiger partial charge on any atom is 0.293 e. The van der Waals surface area contributed by atoms with Crippen LogP contribution in [0.4, 0.5) is 16.4 Å². The molecule has 3 N–H and O–H groups in total. The molecule has 2 aliphatic heterocycles. The largest absolute Gasteiger partial charge is 0.366 e. The quantitative estimate of drug-likeness (QED) is 0.508. The summed E-state index contributed by atoms with van der Waals surface area (Å²) in [4.78, 5) is 52.5. The first-order valence-electron chi connectivity index (χ1n) is 10.8. The number of hydrogen-bond acceptors (Lipinski definition) is 7. The van der Waals surface area contributed by atoms with E-state index >= 15 is 0 Å². The van der Waals surface area contributed by atoms with E-state index in [0.29, 0.717) is 30.2 Å². The molecular weight excluding hydrogens is 446 g/mol. The molecule has 33 heavy (non-hydrogen) atoms. The van der Waals surface area contributed by atoms with Crippen molar-refractivity contribution in [1.29, 1.82) is 0 Å². The molecule has 1 saturated heterocycles. The van der Waals surface area contributed by atoms with E-state index < -0.39 is 16.7 Å². The summed E-state index contributed by atoms with van der Waals surface area (Å²) >= 11 is 1.20. The van der Waals surface area contributed by atoms with E-state index in [1.165, 1.54) is 24.3 Å². The van der Waals surface area contributed by atoms with Gasteiger partial charge in [0, 0.05) is 43.1 Å². The topological polar surface area (TPSA) is 139 Å². The lowest BCUT2D eigenvalue weighted by molar-refractivity contribution is -0.384. The highest BCUT2D eigenvalue weighted by Gasteiger charge is 2.29. The number of rotatable bonds is 5. The Hall–Kier alpha value is -3.47. The van der Waals surface area contributed by atoms with E-state index in [-0.39, 0.29) is 22.7 Å². The molecule has 3 amide bonds. The Kier molecular flexibility index (Phi) is 6.32. The average molecular weight is 472 g/mol. The highest BCUT2D eigenvalue weighted by Crippen LogP contribution is 2.38. The standard InChI is InChI=1S/C22H25N5O5S/c1-13(28)26-10-7-15-18(12-26)33-22(19(15)20(23)29)24-21(30)14-5-6-16(17(11-14)27(31)32)25-8-3-2-4-9-25/h5-6,11H,2-4,7-10,12H2,1H3,(H2,23,29)(H,24,30). The molecule has 2 aliphatic rings. The van der Waals surface area contributed by atoms with Gasteiger partial charge in [0.15, 0.2) is 0 Å². The number of fused-ring (bicyclic) bond motifs is 1. The van der Waals surface area contributed by atoms with E-state index in [2.05, 4.69) is 5.32 Å². The number of nitrogens with one attached hydrogen (secondary N) is 1. The molecule has 10 nitrogen and oxygen atoms in total. The van der Waals surface area contributed by atoms with Crippen LogP contribution in [0.15, 0.2) is 18.2 Å².